The molecule has 0 bridgehead atoms. The minimum Gasteiger partial charge on any atom is -0.377 e. The van der Waals surface area contributed by atoms with Crippen molar-refractivity contribution in [2.24, 2.45) is 0 Å². The summed E-state index contributed by atoms with van der Waals surface area (Å²) in [5.74, 6) is 0.0408. The van der Waals surface area contributed by atoms with Crippen LogP contribution in [-0.4, -0.2) is 89.5 Å². The molecule has 0 saturated carbocycles. The van der Waals surface area contributed by atoms with Gasteiger partial charge >= 0.3 is 17.6 Å². The molecule has 150 valence electrons. The monoisotopic (exact) mass is 461 g/mol. The summed E-state index contributed by atoms with van der Waals surface area (Å²) in [6.45, 7) is 1.22. The number of hydrogen-bond acceptors (Lipinski definition) is 7. The first-order valence-electron chi connectivity index (χ1n) is 8.06. The first-order chi connectivity index (χ1) is 11.9. The highest BCUT2D eigenvalue weighted by atomic mass is 79.9. The molecule has 8 nitrogen and oxygen atoms in total. The maximum Gasteiger partial charge on any atom is 0.500 e. The van der Waals surface area contributed by atoms with Crippen molar-refractivity contribution in [3.05, 3.63) is 0 Å². The van der Waals surface area contributed by atoms with Gasteiger partial charge in [0.25, 0.3) is 0 Å². The number of carbonyl (C=O) groups is 1. The van der Waals surface area contributed by atoms with Crippen molar-refractivity contribution >= 4 is 39.4 Å². The Hall–Kier alpha value is 0.144. The van der Waals surface area contributed by atoms with E-state index in [1.165, 1.54) is 0 Å². The second-order valence-corrected chi connectivity index (χ2v) is 12.1. The third-order valence-corrected chi connectivity index (χ3v) is 10.3. The highest BCUT2D eigenvalue weighted by Crippen LogP contribution is 2.18. The lowest BCUT2D eigenvalue weighted by atomic mass is 10.3. The van der Waals surface area contributed by atoms with Crippen LogP contribution in [0.4, 0.5) is 0 Å². The van der Waals surface area contributed by atoms with Crippen LogP contribution in [0.3, 0.4) is 0 Å². The van der Waals surface area contributed by atoms with E-state index in [4.69, 9.17) is 26.6 Å². The van der Waals surface area contributed by atoms with Crippen molar-refractivity contribution in [1.82, 2.24) is 4.90 Å². The number of nitrogens with zero attached hydrogens (tertiary/aromatic N) is 1. The number of hydrogen-bond donors (Lipinski definition) is 0. The molecule has 1 amide bonds. The van der Waals surface area contributed by atoms with E-state index in [1.54, 1.807) is 42.7 Å². The molecule has 0 heterocycles. The van der Waals surface area contributed by atoms with Crippen LogP contribution in [0.15, 0.2) is 0 Å². The normalized spacial score (nSPS) is 12.4. The number of amides is 1. The average Bonchev–Trinajstić information content (AvgIpc) is 2.67. The van der Waals surface area contributed by atoms with Crippen molar-refractivity contribution in [2.75, 3.05) is 61.1 Å². The molecular weight excluding hydrogens is 430 g/mol. The number of halogens is 1. The van der Waals surface area contributed by atoms with Gasteiger partial charge in [0, 0.05) is 67.8 Å². The average molecular weight is 462 g/mol. The number of alkyl halides is 1. The topological polar surface area (TPSA) is 75.7 Å². The molecule has 0 fully saturated rings. The van der Waals surface area contributed by atoms with Gasteiger partial charge in [-0.1, -0.05) is 15.9 Å². The summed E-state index contributed by atoms with van der Waals surface area (Å²) in [5.41, 5.74) is 0. The van der Waals surface area contributed by atoms with E-state index in [2.05, 4.69) is 15.9 Å². The highest BCUT2D eigenvalue weighted by molar-refractivity contribution is 9.09. The van der Waals surface area contributed by atoms with Gasteiger partial charge in [-0.25, -0.2) is 0 Å². The van der Waals surface area contributed by atoms with Gasteiger partial charge in [0.2, 0.25) is 5.91 Å². The van der Waals surface area contributed by atoms with Crippen molar-refractivity contribution in [3.8, 4) is 0 Å². The zero-order valence-electron chi connectivity index (χ0n) is 16.1. The van der Waals surface area contributed by atoms with E-state index in [1.807, 2.05) is 4.90 Å². The second kappa shape index (κ2) is 13.3. The van der Waals surface area contributed by atoms with Gasteiger partial charge in [-0.05, 0) is 12.8 Å². The molecule has 0 rings (SSSR count). The van der Waals surface area contributed by atoms with Crippen molar-refractivity contribution in [2.45, 2.75) is 24.9 Å². The Morgan fingerprint density at radius 2 is 1.08 bits per heavy atom. The Labute approximate surface area is 161 Å². The molecule has 0 aliphatic rings. The lowest BCUT2D eigenvalue weighted by Crippen LogP contribution is -2.45. The smallest absolute Gasteiger partial charge is 0.377 e. The predicted octanol–water partition coefficient (Wildman–Crippen LogP) is 1.75. The summed E-state index contributed by atoms with van der Waals surface area (Å²) in [4.78, 5) is 14.0. The van der Waals surface area contributed by atoms with Gasteiger partial charge in [-0.15, -0.1) is 0 Å². The van der Waals surface area contributed by atoms with Crippen LogP contribution in [0.2, 0.25) is 12.1 Å². The predicted molar refractivity (Wildman–Crippen MR) is 103 cm³/mol. The molecule has 0 aromatic rings. The first kappa shape index (κ1) is 25.1. The lowest BCUT2D eigenvalue weighted by molar-refractivity contribution is -0.128. The van der Waals surface area contributed by atoms with Gasteiger partial charge in [0.05, 0.1) is 5.33 Å². The van der Waals surface area contributed by atoms with Gasteiger partial charge in [0.15, 0.2) is 0 Å². The minimum atomic E-state index is -2.61. The Balaban J connectivity index is 4.59. The van der Waals surface area contributed by atoms with Gasteiger partial charge in [-0.3, -0.25) is 4.79 Å². The van der Waals surface area contributed by atoms with Gasteiger partial charge in [0.1, 0.15) is 0 Å². The molecule has 25 heavy (non-hydrogen) atoms. The second-order valence-electron chi connectivity index (χ2n) is 5.31. The van der Waals surface area contributed by atoms with E-state index in [9.17, 15) is 4.79 Å². The van der Waals surface area contributed by atoms with Crippen LogP contribution in [0, 0.1) is 0 Å². The fourth-order valence-electron chi connectivity index (χ4n) is 2.53. The van der Waals surface area contributed by atoms with Crippen LogP contribution < -0.4 is 0 Å². The molecule has 0 atom stereocenters. The van der Waals surface area contributed by atoms with E-state index in [0.717, 1.165) is 12.8 Å². The number of rotatable bonds is 15. The van der Waals surface area contributed by atoms with E-state index in [0.29, 0.717) is 25.2 Å². The van der Waals surface area contributed by atoms with Gasteiger partial charge < -0.3 is 31.5 Å². The van der Waals surface area contributed by atoms with Gasteiger partial charge in [-0.2, -0.15) is 0 Å². The Kier molecular flexibility index (Phi) is 13.4. The van der Waals surface area contributed by atoms with E-state index >= 15 is 0 Å². The van der Waals surface area contributed by atoms with E-state index < -0.39 is 17.6 Å². The largest absolute Gasteiger partial charge is 0.500 e. The third-order valence-electron chi connectivity index (χ3n) is 4.16. The maximum absolute atomic E-state index is 12.2. The van der Waals surface area contributed by atoms with Crippen LogP contribution in [0.1, 0.15) is 12.8 Å². The molecule has 0 radical (unpaired) electrons. The van der Waals surface area contributed by atoms with Crippen LogP contribution in [0.25, 0.3) is 0 Å². The fraction of sp³-hybridized carbons (Fsp3) is 0.929. The molecule has 11 heteroatoms. The summed E-state index contributed by atoms with van der Waals surface area (Å²) >= 11 is 3.24. The summed E-state index contributed by atoms with van der Waals surface area (Å²) in [7, 11) is 4.31. The lowest BCUT2D eigenvalue weighted by Gasteiger charge is -2.28. The molecule has 0 aliphatic heterocycles. The molecule has 0 N–H and O–H groups in total. The molecule has 0 saturated heterocycles. The van der Waals surface area contributed by atoms with Crippen molar-refractivity contribution < 1.29 is 31.4 Å². The summed E-state index contributed by atoms with van der Waals surface area (Å²) < 4.78 is 32.5. The minimum absolute atomic E-state index is 0.0408. The Morgan fingerprint density at radius 3 is 1.32 bits per heavy atom. The van der Waals surface area contributed by atoms with Crippen LogP contribution >= 0.6 is 15.9 Å². The Morgan fingerprint density at radius 1 is 0.760 bits per heavy atom. The summed E-state index contributed by atoms with van der Waals surface area (Å²) in [5, 5.41) is 0.288. The molecule has 0 aliphatic carbocycles. The molecular formula is C14H32BrNO7Si2. The van der Waals surface area contributed by atoms with Crippen molar-refractivity contribution in [1.29, 1.82) is 0 Å². The molecule has 0 aromatic heterocycles. The standard InChI is InChI=1S/C14H32BrNO7Si2/c1-18-24(19-2,20-3)11-7-9-16(14(17)13-15)10-8-12-25(21-4,22-5)23-6/h7-13H2,1-6H3. The SMILES string of the molecule is CO[Si](CCCN(CCC[Si](OC)(OC)OC)C(=O)CBr)(OC)OC. The van der Waals surface area contributed by atoms with Crippen LogP contribution in [-0.2, 0) is 31.4 Å². The quantitative estimate of drug-likeness (QED) is 0.271. The van der Waals surface area contributed by atoms with Crippen molar-refractivity contribution in [3.63, 3.8) is 0 Å². The van der Waals surface area contributed by atoms with E-state index in [-0.39, 0.29) is 11.2 Å². The summed E-state index contributed by atoms with van der Waals surface area (Å²) in [6.07, 6.45) is 1.48. The fourth-order valence-corrected chi connectivity index (χ4v) is 6.29. The molecule has 0 spiro atoms. The first-order valence-corrected chi connectivity index (χ1v) is 13.0. The molecule has 0 aromatic carbocycles. The third kappa shape index (κ3) is 8.14. The van der Waals surface area contributed by atoms with Crippen LogP contribution in [0.5, 0.6) is 0 Å². The highest BCUT2D eigenvalue weighted by Gasteiger charge is 2.38. The Bertz CT molecular complexity index is 329. The zero-order chi connectivity index (χ0) is 19.3. The maximum atomic E-state index is 12.2. The zero-order valence-corrected chi connectivity index (χ0v) is 19.7. The number of carbonyl (C=O) groups excluding carboxylic acids is 1. The molecule has 0 unspecified atom stereocenters. The summed E-state index contributed by atoms with van der Waals surface area (Å²) in [6, 6.07) is 1.30.